The zero-order valence-corrected chi connectivity index (χ0v) is 12.1. The van der Waals surface area contributed by atoms with Gasteiger partial charge in [0.15, 0.2) is 0 Å². The molecular weight excluding hydrogens is 268 g/mol. The molecule has 0 saturated carbocycles. The number of halogens is 1. The highest BCUT2D eigenvalue weighted by molar-refractivity contribution is 8.00. The van der Waals surface area contributed by atoms with Gasteiger partial charge in [0.2, 0.25) is 0 Å². The quantitative estimate of drug-likeness (QED) is 0.646. The van der Waals surface area contributed by atoms with Crippen molar-refractivity contribution in [2.24, 2.45) is 5.73 Å². The Labute approximate surface area is 116 Å². The molecule has 4 nitrogen and oxygen atoms in total. The maximum Gasteiger partial charge on any atom is 0.148 e. The van der Waals surface area contributed by atoms with Gasteiger partial charge in [0, 0.05) is 35.3 Å². The number of nitrogens with one attached hydrogen (secondary N) is 1. The molecule has 98 valence electrons. The number of nitrogens with two attached hydrogens (primary N) is 1. The van der Waals surface area contributed by atoms with Gasteiger partial charge in [0.1, 0.15) is 11.7 Å². The molecule has 3 N–H and O–H groups in total. The summed E-state index contributed by atoms with van der Waals surface area (Å²) in [6, 6.07) is 2.05. The first-order chi connectivity index (χ1) is 8.52. The maximum absolute atomic E-state index is 7.52. The second-order valence-corrected chi connectivity index (χ2v) is 6.28. The summed E-state index contributed by atoms with van der Waals surface area (Å²) in [5.74, 6) is 1.79. The van der Waals surface area contributed by atoms with E-state index >= 15 is 0 Å². The van der Waals surface area contributed by atoms with Crippen LogP contribution in [0.2, 0.25) is 5.02 Å². The lowest BCUT2D eigenvalue weighted by molar-refractivity contribution is 0.620. The number of hydrogen-bond acceptors (Lipinski definition) is 4. The third-order valence-electron chi connectivity index (χ3n) is 3.32. The largest absolute Gasteiger partial charge is 0.384 e. The van der Waals surface area contributed by atoms with Crippen LogP contribution in [0.1, 0.15) is 19.4 Å². The van der Waals surface area contributed by atoms with E-state index in [1.807, 2.05) is 11.8 Å². The van der Waals surface area contributed by atoms with Crippen molar-refractivity contribution in [3.63, 3.8) is 0 Å². The minimum absolute atomic E-state index is 0.0178. The molecule has 2 rings (SSSR count). The average molecular weight is 285 g/mol. The number of nitrogen functional groups attached to an aromatic ring is 1. The summed E-state index contributed by atoms with van der Waals surface area (Å²) in [5, 5.41) is 8.54. The van der Waals surface area contributed by atoms with Crippen molar-refractivity contribution in [2.45, 2.75) is 25.1 Å². The van der Waals surface area contributed by atoms with Gasteiger partial charge in [0.05, 0.1) is 5.02 Å². The predicted octanol–water partition coefficient (Wildman–Crippen LogP) is 2.35. The topological polar surface area (TPSA) is 66.0 Å². The van der Waals surface area contributed by atoms with Crippen molar-refractivity contribution in [2.75, 3.05) is 17.2 Å². The fraction of sp³-hybridized carbons (Fsp3) is 0.500. The van der Waals surface area contributed by atoms with Crippen LogP contribution in [0.15, 0.2) is 12.3 Å². The van der Waals surface area contributed by atoms with Crippen molar-refractivity contribution in [1.29, 1.82) is 5.41 Å². The Hall–Kier alpha value is -0.940. The lowest BCUT2D eigenvalue weighted by Gasteiger charge is -2.38. The first-order valence-electron chi connectivity index (χ1n) is 5.89. The van der Waals surface area contributed by atoms with Gasteiger partial charge in [-0.05, 0) is 13.0 Å². The number of pyridine rings is 1. The van der Waals surface area contributed by atoms with E-state index in [1.54, 1.807) is 12.3 Å². The van der Waals surface area contributed by atoms with Gasteiger partial charge in [-0.3, -0.25) is 5.41 Å². The van der Waals surface area contributed by atoms with Crippen LogP contribution in [0.25, 0.3) is 0 Å². The van der Waals surface area contributed by atoms with Crippen molar-refractivity contribution in [3.8, 4) is 0 Å². The molecule has 1 aliphatic rings. The molecule has 2 atom stereocenters. The number of nitrogens with zero attached hydrogens (tertiary/aromatic N) is 2. The minimum Gasteiger partial charge on any atom is -0.384 e. The second kappa shape index (κ2) is 5.36. The van der Waals surface area contributed by atoms with Crippen LogP contribution in [0.5, 0.6) is 0 Å². The highest BCUT2D eigenvalue weighted by Gasteiger charge is 2.28. The molecule has 0 aliphatic carbocycles. The van der Waals surface area contributed by atoms with Gasteiger partial charge in [-0.1, -0.05) is 18.5 Å². The number of thioether (sulfide) groups is 1. The van der Waals surface area contributed by atoms with E-state index in [2.05, 4.69) is 23.7 Å². The van der Waals surface area contributed by atoms with E-state index in [9.17, 15) is 0 Å². The van der Waals surface area contributed by atoms with Crippen LogP contribution in [0, 0.1) is 5.41 Å². The van der Waals surface area contributed by atoms with E-state index in [1.165, 1.54) is 0 Å². The lowest BCUT2D eigenvalue weighted by Crippen LogP contribution is -2.45. The Morgan fingerprint density at radius 1 is 1.61 bits per heavy atom. The summed E-state index contributed by atoms with van der Waals surface area (Å²) in [4.78, 5) is 6.57. The van der Waals surface area contributed by atoms with Gasteiger partial charge in [-0.15, -0.1) is 0 Å². The number of amidine groups is 1. The zero-order valence-electron chi connectivity index (χ0n) is 10.5. The number of anilines is 1. The van der Waals surface area contributed by atoms with Crippen molar-refractivity contribution in [3.05, 3.63) is 22.8 Å². The minimum atomic E-state index is -0.0178. The number of hydrogen-bond donors (Lipinski definition) is 2. The highest BCUT2D eigenvalue weighted by atomic mass is 35.5. The van der Waals surface area contributed by atoms with Crippen molar-refractivity contribution >= 4 is 35.0 Å². The number of aromatic nitrogens is 1. The summed E-state index contributed by atoms with van der Waals surface area (Å²) >= 11 is 8.28. The molecule has 0 bridgehead atoms. The summed E-state index contributed by atoms with van der Waals surface area (Å²) in [5.41, 5.74) is 6.08. The first kappa shape index (κ1) is 13.5. The smallest absolute Gasteiger partial charge is 0.148 e. The average Bonchev–Trinajstić information content (AvgIpc) is 2.33. The molecule has 1 saturated heterocycles. The van der Waals surface area contributed by atoms with E-state index in [-0.39, 0.29) is 5.84 Å². The first-order valence-corrected chi connectivity index (χ1v) is 7.32. The molecule has 6 heteroatoms. The zero-order chi connectivity index (χ0) is 13.3. The SMILES string of the molecule is CC1SCCN(c2nccc(C(=N)N)c2Cl)C1C. The third kappa shape index (κ3) is 2.42. The standard InChI is InChI=1S/C12H17ClN4S/c1-7-8(2)18-6-5-17(7)12-10(13)9(11(14)15)3-4-16-12/h3-4,7-8H,5-6H2,1-2H3,(H3,14,15). The van der Waals surface area contributed by atoms with Crippen LogP contribution in [0.3, 0.4) is 0 Å². The lowest BCUT2D eigenvalue weighted by atomic mass is 10.1. The summed E-state index contributed by atoms with van der Waals surface area (Å²) in [6.07, 6.45) is 1.66. The molecule has 18 heavy (non-hydrogen) atoms. The van der Waals surface area contributed by atoms with Gasteiger partial charge < -0.3 is 10.6 Å². The van der Waals surface area contributed by atoms with Crippen LogP contribution >= 0.6 is 23.4 Å². The molecule has 0 aromatic carbocycles. The van der Waals surface area contributed by atoms with Crippen LogP contribution < -0.4 is 10.6 Å². The molecule has 2 heterocycles. The molecule has 0 spiro atoms. The molecule has 1 fully saturated rings. The van der Waals surface area contributed by atoms with E-state index < -0.39 is 0 Å². The predicted molar refractivity (Wildman–Crippen MR) is 79.0 cm³/mol. The normalized spacial score (nSPS) is 24.1. The monoisotopic (exact) mass is 284 g/mol. The molecule has 1 aromatic heterocycles. The summed E-state index contributed by atoms with van der Waals surface area (Å²) < 4.78 is 0. The molecule has 0 radical (unpaired) electrons. The molecule has 1 aliphatic heterocycles. The Morgan fingerprint density at radius 2 is 2.33 bits per heavy atom. The van der Waals surface area contributed by atoms with Crippen molar-refractivity contribution < 1.29 is 0 Å². The highest BCUT2D eigenvalue weighted by Crippen LogP contribution is 2.33. The van der Waals surface area contributed by atoms with E-state index in [0.717, 1.165) is 18.1 Å². The van der Waals surface area contributed by atoms with E-state index in [0.29, 0.717) is 21.9 Å². The van der Waals surface area contributed by atoms with Crippen LogP contribution in [-0.2, 0) is 0 Å². The Kier molecular flexibility index (Phi) is 4.02. The van der Waals surface area contributed by atoms with Gasteiger partial charge in [-0.25, -0.2) is 4.98 Å². The summed E-state index contributed by atoms with van der Waals surface area (Å²) in [6.45, 7) is 5.31. The van der Waals surface area contributed by atoms with Crippen LogP contribution in [-0.4, -0.2) is 34.4 Å². The fourth-order valence-electron chi connectivity index (χ4n) is 2.07. The molecule has 2 unspecified atom stereocenters. The molecule has 1 aromatic rings. The molecule has 0 amide bonds. The molecular formula is C12H17ClN4S. The van der Waals surface area contributed by atoms with Crippen LogP contribution in [0.4, 0.5) is 5.82 Å². The Balaban J connectivity index is 2.38. The van der Waals surface area contributed by atoms with Gasteiger partial charge in [0.25, 0.3) is 0 Å². The third-order valence-corrected chi connectivity index (χ3v) is 5.03. The Morgan fingerprint density at radius 3 is 3.00 bits per heavy atom. The summed E-state index contributed by atoms with van der Waals surface area (Å²) in [7, 11) is 0. The number of rotatable bonds is 2. The van der Waals surface area contributed by atoms with Crippen molar-refractivity contribution in [1.82, 2.24) is 4.98 Å². The fourth-order valence-corrected chi connectivity index (χ4v) is 3.49. The van der Waals surface area contributed by atoms with Gasteiger partial charge in [-0.2, -0.15) is 11.8 Å². The maximum atomic E-state index is 7.52. The second-order valence-electron chi connectivity index (χ2n) is 4.42. The van der Waals surface area contributed by atoms with E-state index in [4.69, 9.17) is 22.7 Å². The van der Waals surface area contributed by atoms with Gasteiger partial charge >= 0.3 is 0 Å². The Bertz CT molecular complexity index is 465.